The van der Waals surface area contributed by atoms with Gasteiger partial charge in [-0.25, -0.2) is 8.42 Å². The lowest BCUT2D eigenvalue weighted by atomic mass is 10.1. The average molecular weight is 314 g/mol. The lowest BCUT2D eigenvalue weighted by Gasteiger charge is -2.12. The Morgan fingerprint density at radius 3 is 2.50 bits per heavy atom. The van der Waals surface area contributed by atoms with Crippen LogP contribution in [-0.2, 0) is 13.8 Å². The quantitative estimate of drug-likeness (QED) is 0.884. The third-order valence-electron chi connectivity index (χ3n) is 2.76. The van der Waals surface area contributed by atoms with E-state index in [2.05, 4.69) is 5.32 Å². The third-order valence-corrected chi connectivity index (χ3v) is 4.11. The predicted molar refractivity (Wildman–Crippen MR) is 77.8 cm³/mol. The van der Waals surface area contributed by atoms with Gasteiger partial charge in [-0.3, -0.25) is 4.79 Å². The zero-order valence-corrected chi connectivity index (χ0v) is 12.4. The van der Waals surface area contributed by atoms with E-state index < -0.39 is 9.05 Å². The van der Waals surface area contributed by atoms with E-state index in [9.17, 15) is 13.2 Å². The second-order valence-corrected chi connectivity index (χ2v) is 6.71. The molecule has 0 bridgehead atoms. The molecule has 106 valence electrons. The molecule has 1 amide bonds. The summed E-state index contributed by atoms with van der Waals surface area (Å²) in [5, 5.41) is 3.98. The van der Waals surface area contributed by atoms with E-state index in [0.717, 1.165) is 0 Å². The van der Waals surface area contributed by atoms with Gasteiger partial charge in [-0.2, -0.15) is 0 Å². The van der Waals surface area contributed by atoms with E-state index in [1.165, 1.54) is 26.2 Å². The molecule has 0 aliphatic rings. The molecule has 0 saturated carbocycles. The summed E-state index contributed by atoms with van der Waals surface area (Å²) in [7, 11) is 3.02. The number of rotatable bonds is 3. The van der Waals surface area contributed by atoms with Crippen molar-refractivity contribution in [1.29, 1.82) is 0 Å². The average Bonchev–Trinajstić information content (AvgIpc) is 2.37. The van der Waals surface area contributed by atoms with E-state index in [-0.39, 0.29) is 10.8 Å². The van der Waals surface area contributed by atoms with E-state index in [1.807, 2.05) is 0 Å². The summed E-state index contributed by atoms with van der Waals surface area (Å²) in [6.45, 7) is 1.38. The molecule has 1 N–H and O–H groups in total. The van der Waals surface area contributed by atoms with Crippen LogP contribution >= 0.6 is 10.7 Å². The molecule has 0 atom stereocenters. The van der Waals surface area contributed by atoms with Crippen molar-refractivity contribution in [2.24, 2.45) is 0 Å². The minimum atomic E-state index is -3.79. The summed E-state index contributed by atoms with van der Waals surface area (Å²) in [5.41, 5.74) is 0.496. The van der Waals surface area contributed by atoms with Crippen LogP contribution in [0.3, 0.4) is 0 Å². The van der Waals surface area contributed by atoms with E-state index in [1.54, 1.807) is 18.2 Å². The van der Waals surface area contributed by atoms with Crippen molar-refractivity contribution in [2.75, 3.05) is 12.4 Å². The molecule has 0 fully saturated rings. The second kappa shape index (κ2) is 5.30. The summed E-state index contributed by atoms with van der Waals surface area (Å²) >= 11 is 0. The van der Waals surface area contributed by atoms with Crippen molar-refractivity contribution in [1.82, 2.24) is 0 Å². The first-order valence-electron chi connectivity index (χ1n) is 5.66. The fourth-order valence-corrected chi connectivity index (χ4v) is 2.70. The molecule has 0 heterocycles. The monoisotopic (exact) mass is 313 g/mol. The van der Waals surface area contributed by atoms with Crippen molar-refractivity contribution >= 4 is 42.1 Å². The number of methoxy groups -OCH3 is 1. The van der Waals surface area contributed by atoms with Crippen LogP contribution < -0.4 is 10.1 Å². The summed E-state index contributed by atoms with van der Waals surface area (Å²) < 4.78 is 27.9. The van der Waals surface area contributed by atoms with Crippen LogP contribution in [0.4, 0.5) is 5.69 Å². The smallest absolute Gasteiger partial charge is 0.261 e. The number of benzene rings is 2. The van der Waals surface area contributed by atoms with Gasteiger partial charge in [-0.15, -0.1) is 0 Å². The number of ether oxygens (including phenoxy) is 1. The van der Waals surface area contributed by atoms with Gasteiger partial charge < -0.3 is 10.1 Å². The number of carbonyl (C=O) groups excluding carboxylic acids is 1. The number of carbonyl (C=O) groups is 1. The maximum Gasteiger partial charge on any atom is 0.261 e. The Hall–Kier alpha value is -1.79. The van der Waals surface area contributed by atoms with Crippen LogP contribution in [0, 0.1) is 0 Å². The molecular weight excluding hydrogens is 302 g/mol. The van der Waals surface area contributed by atoms with Crippen molar-refractivity contribution in [3.8, 4) is 5.75 Å². The van der Waals surface area contributed by atoms with Crippen LogP contribution in [0.25, 0.3) is 10.8 Å². The predicted octanol–water partition coefficient (Wildman–Crippen LogP) is 2.73. The van der Waals surface area contributed by atoms with Crippen molar-refractivity contribution < 1.29 is 17.9 Å². The zero-order chi connectivity index (χ0) is 14.9. The molecule has 5 nitrogen and oxygen atoms in total. The van der Waals surface area contributed by atoms with Gasteiger partial charge in [0.2, 0.25) is 5.91 Å². The van der Waals surface area contributed by atoms with Gasteiger partial charge in [0.25, 0.3) is 9.05 Å². The Kier molecular flexibility index (Phi) is 3.87. The summed E-state index contributed by atoms with van der Waals surface area (Å²) in [5.74, 6) is 0.249. The lowest BCUT2D eigenvalue weighted by molar-refractivity contribution is -0.114. The lowest BCUT2D eigenvalue weighted by Crippen LogP contribution is -2.07. The first kappa shape index (κ1) is 14.6. The van der Waals surface area contributed by atoms with Gasteiger partial charge in [0.1, 0.15) is 5.75 Å². The fourth-order valence-electron chi connectivity index (χ4n) is 1.91. The molecule has 0 unspecified atom stereocenters. The Morgan fingerprint density at radius 2 is 1.95 bits per heavy atom. The van der Waals surface area contributed by atoms with Gasteiger partial charge in [-0.1, -0.05) is 12.1 Å². The summed E-state index contributed by atoms with van der Waals surface area (Å²) in [4.78, 5) is 11.3. The molecular formula is C13H12ClNO4S. The summed E-state index contributed by atoms with van der Waals surface area (Å²) in [6, 6.07) is 7.76. The standard InChI is InChI=1S/C13H12ClNO4S/c1-8(16)15-13-11-5-4-10(20(14,17)18)7-9(11)3-6-12(13)19-2/h3-7H,1-2H3,(H,15,16). The highest BCUT2D eigenvalue weighted by molar-refractivity contribution is 8.13. The van der Waals surface area contributed by atoms with Crippen LogP contribution in [0.2, 0.25) is 0 Å². The molecule has 0 aromatic heterocycles. The number of hydrogen-bond acceptors (Lipinski definition) is 4. The highest BCUT2D eigenvalue weighted by Crippen LogP contribution is 2.34. The van der Waals surface area contributed by atoms with Crippen LogP contribution in [-0.4, -0.2) is 21.4 Å². The zero-order valence-electron chi connectivity index (χ0n) is 10.8. The van der Waals surface area contributed by atoms with Crippen LogP contribution in [0.5, 0.6) is 5.75 Å². The third kappa shape index (κ3) is 2.86. The molecule has 0 aliphatic carbocycles. The minimum absolute atomic E-state index is 0.00519. The highest BCUT2D eigenvalue weighted by Gasteiger charge is 2.14. The number of fused-ring (bicyclic) bond motifs is 1. The minimum Gasteiger partial charge on any atom is -0.495 e. The normalized spacial score (nSPS) is 11.3. The molecule has 0 radical (unpaired) electrons. The number of anilines is 1. The van der Waals surface area contributed by atoms with E-state index >= 15 is 0 Å². The maximum atomic E-state index is 11.3. The van der Waals surface area contributed by atoms with E-state index in [0.29, 0.717) is 22.2 Å². The molecule has 0 saturated heterocycles. The maximum absolute atomic E-state index is 11.3. The number of amides is 1. The van der Waals surface area contributed by atoms with Gasteiger partial charge >= 0.3 is 0 Å². The molecule has 7 heteroatoms. The van der Waals surface area contributed by atoms with Gasteiger partial charge in [-0.05, 0) is 23.6 Å². The highest BCUT2D eigenvalue weighted by atomic mass is 35.7. The first-order chi connectivity index (χ1) is 9.32. The topological polar surface area (TPSA) is 72.5 Å². The van der Waals surface area contributed by atoms with Gasteiger partial charge in [0.05, 0.1) is 17.7 Å². The molecule has 0 aliphatic heterocycles. The molecule has 0 spiro atoms. The van der Waals surface area contributed by atoms with Crippen molar-refractivity contribution in [3.63, 3.8) is 0 Å². The SMILES string of the molecule is COc1ccc2cc(S(=O)(=O)Cl)ccc2c1NC(C)=O. The molecule has 20 heavy (non-hydrogen) atoms. The van der Waals surface area contributed by atoms with Crippen molar-refractivity contribution in [2.45, 2.75) is 11.8 Å². The Bertz CT molecular complexity index is 786. The Morgan fingerprint density at radius 1 is 1.25 bits per heavy atom. The Balaban J connectivity index is 2.72. The summed E-state index contributed by atoms with van der Waals surface area (Å²) in [6.07, 6.45) is 0. The second-order valence-electron chi connectivity index (χ2n) is 4.14. The van der Waals surface area contributed by atoms with Crippen LogP contribution in [0.15, 0.2) is 35.2 Å². The van der Waals surface area contributed by atoms with Crippen molar-refractivity contribution in [3.05, 3.63) is 30.3 Å². The van der Waals surface area contributed by atoms with E-state index in [4.69, 9.17) is 15.4 Å². The number of nitrogens with one attached hydrogen (secondary N) is 1. The molecule has 2 rings (SSSR count). The first-order valence-corrected chi connectivity index (χ1v) is 7.97. The van der Waals surface area contributed by atoms with Gasteiger partial charge in [0, 0.05) is 23.0 Å². The van der Waals surface area contributed by atoms with Crippen LogP contribution in [0.1, 0.15) is 6.92 Å². The number of hydrogen-bond donors (Lipinski definition) is 1. The molecule has 2 aromatic carbocycles. The Labute approximate surface area is 120 Å². The largest absolute Gasteiger partial charge is 0.495 e. The number of halogens is 1. The molecule has 2 aromatic rings. The van der Waals surface area contributed by atoms with Gasteiger partial charge in [0.15, 0.2) is 0 Å². The fraction of sp³-hybridized carbons (Fsp3) is 0.154.